The summed E-state index contributed by atoms with van der Waals surface area (Å²) in [6.45, 7) is 5.05. The molecule has 2 aliphatic rings. The molecule has 9 heteroatoms. The van der Waals surface area contributed by atoms with Gasteiger partial charge >= 0.3 is 0 Å². The summed E-state index contributed by atoms with van der Waals surface area (Å²) < 4.78 is 33.8. The van der Waals surface area contributed by atoms with Crippen molar-refractivity contribution in [1.82, 2.24) is 15.5 Å². The highest BCUT2D eigenvalue weighted by Gasteiger charge is 2.28. The van der Waals surface area contributed by atoms with E-state index in [1.807, 2.05) is 6.07 Å². The average Bonchev–Trinajstić information content (AvgIpc) is 3.27. The lowest BCUT2D eigenvalue weighted by Crippen LogP contribution is -2.48. The van der Waals surface area contributed by atoms with Crippen LogP contribution in [0.1, 0.15) is 18.0 Å². The lowest BCUT2D eigenvalue weighted by molar-refractivity contribution is 0.0170. The van der Waals surface area contributed by atoms with Crippen LogP contribution in [0.2, 0.25) is 0 Å². The number of para-hydroxylation sites is 1. The molecule has 0 spiro atoms. The highest BCUT2D eigenvalue weighted by Crippen LogP contribution is 2.27. The first-order valence-electron chi connectivity index (χ1n) is 11.2. The van der Waals surface area contributed by atoms with Gasteiger partial charge in [-0.3, -0.25) is 9.89 Å². The van der Waals surface area contributed by atoms with Gasteiger partial charge in [-0.2, -0.15) is 0 Å². The fraction of sp³-hybridized carbons (Fsp3) is 0.458. The van der Waals surface area contributed by atoms with Gasteiger partial charge in [-0.15, -0.1) is 24.0 Å². The second-order valence-electron chi connectivity index (χ2n) is 8.17. The molecule has 0 aromatic heterocycles. The summed E-state index contributed by atoms with van der Waals surface area (Å²) in [4.78, 5) is 8.57. The van der Waals surface area contributed by atoms with Gasteiger partial charge in [0, 0.05) is 45.8 Å². The van der Waals surface area contributed by atoms with Crippen LogP contribution in [0, 0.1) is 11.6 Å². The second kappa shape index (κ2) is 12.5. The van der Waals surface area contributed by atoms with E-state index in [0.29, 0.717) is 25.6 Å². The summed E-state index contributed by atoms with van der Waals surface area (Å²) in [6.07, 6.45) is 0.778. The summed E-state index contributed by atoms with van der Waals surface area (Å²) in [5.41, 5.74) is 1.30. The lowest BCUT2D eigenvalue weighted by Gasteiger charge is -2.35. The van der Waals surface area contributed by atoms with Crippen molar-refractivity contribution in [3.05, 3.63) is 65.7 Å². The van der Waals surface area contributed by atoms with Crippen LogP contribution in [-0.2, 0) is 4.74 Å². The Hall–Kier alpha value is -1.98. The number of benzene rings is 2. The van der Waals surface area contributed by atoms with Gasteiger partial charge in [0.1, 0.15) is 17.3 Å². The van der Waals surface area contributed by atoms with Crippen molar-refractivity contribution in [2.75, 3.05) is 57.9 Å². The number of morpholine rings is 1. The van der Waals surface area contributed by atoms with Crippen LogP contribution in [0.25, 0.3) is 0 Å². The van der Waals surface area contributed by atoms with Crippen LogP contribution in [0.5, 0.6) is 0 Å². The first-order chi connectivity index (χ1) is 15.7. The molecule has 2 heterocycles. The molecule has 0 aliphatic carbocycles. The Morgan fingerprint density at radius 2 is 1.76 bits per heavy atom. The van der Waals surface area contributed by atoms with Gasteiger partial charge in [0.15, 0.2) is 5.96 Å². The number of aliphatic imine (C=N–C) groups is 1. The van der Waals surface area contributed by atoms with Crippen LogP contribution in [0.15, 0.2) is 53.5 Å². The molecule has 6 nitrogen and oxygen atoms in total. The SMILES string of the molecule is CN=C(NCC(c1ccccc1)N1CCOCC1)NC1CCN(c2c(F)cccc2F)C1.I. The number of hydrogen-bond acceptors (Lipinski definition) is 4. The first-order valence-corrected chi connectivity index (χ1v) is 11.2. The smallest absolute Gasteiger partial charge is 0.191 e. The molecule has 2 N–H and O–H groups in total. The number of hydrogen-bond donors (Lipinski definition) is 2. The van der Waals surface area contributed by atoms with Crippen LogP contribution in [-0.4, -0.2) is 69.9 Å². The highest BCUT2D eigenvalue weighted by molar-refractivity contribution is 14.0. The zero-order valence-electron chi connectivity index (χ0n) is 18.8. The van der Waals surface area contributed by atoms with Crippen LogP contribution in [0.3, 0.4) is 0 Å². The number of anilines is 1. The Bertz CT molecular complexity index is 891. The summed E-state index contributed by atoms with van der Waals surface area (Å²) in [5.74, 6) is -0.353. The van der Waals surface area contributed by atoms with Gasteiger partial charge in [0.05, 0.1) is 19.3 Å². The number of nitrogens with one attached hydrogen (secondary N) is 2. The van der Waals surface area contributed by atoms with Gasteiger partial charge in [-0.05, 0) is 24.1 Å². The molecule has 0 radical (unpaired) electrons. The van der Waals surface area contributed by atoms with E-state index >= 15 is 0 Å². The molecule has 2 atom stereocenters. The van der Waals surface area contributed by atoms with Crippen LogP contribution >= 0.6 is 24.0 Å². The Kier molecular flexibility index (Phi) is 9.69. The quantitative estimate of drug-likeness (QED) is 0.317. The highest BCUT2D eigenvalue weighted by atomic mass is 127. The van der Waals surface area contributed by atoms with Crippen molar-refractivity contribution in [1.29, 1.82) is 0 Å². The first kappa shape index (κ1) is 25.6. The third-order valence-corrected chi connectivity index (χ3v) is 6.14. The zero-order chi connectivity index (χ0) is 22.3. The standard InChI is InChI=1S/C24H31F2N5O.HI/c1-27-24(29-19-10-11-31(17-19)23-20(25)8-5-9-21(23)26)28-16-22(18-6-3-2-4-7-18)30-12-14-32-15-13-30;/h2-9,19,22H,10-17H2,1H3,(H2,27,28,29);1H. The van der Waals surface area contributed by atoms with Crippen molar-refractivity contribution in [3.63, 3.8) is 0 Å². The molecule has 180 valence electrons. The van der Waals surface area contributed by atoms with Gasteiger partial charge in [-0.25, -0.2) is 8.78 Å². The molecule has 0 amide bonds. The summed E-state index contributed by atoms with van der Waals surface area (Å²) >= 11 is 0. The third kappa shape index (κ3) is 6.54. The normalized spacial score (nSPS) is 20.3. The lowest BCUT2D eigenvalue weighted by atomic mass is 10.0. The molecular formula is C24H32F2IN5O. The topological polar surface area (TPSA) is 52.1 Å². The number of rotatable bonds is 6. The van der Waals surface area contributed by atoms with Crippen molar-refractivity contribution < 1.29 is 13.5 Å². The average molecular weight is 571 g/mol. The minimum Gasteiger partial charge on any atom is -0.379 e. The van der Waals surface area contributed by atoms with Gasteiger partial charge < -0.3 is 20.3 Å². The van der Waals surface area contributed by atoms with Crippen molar-refractivity contribution in [2.45, 2.75) is 18.5 Å². The predicted octanol–water partition coefficient (Wildman–Crippen LogP) is 3.40. The largest absolute Gasteiger partial charge is 0.379 e. The van der Waals surface area contributed by atoms with Crippen molar-refractivity contribution in [3.8, 4) is 0 Å². The van der Waals surface area contributed by atoms with E-state index in [-0.39, 0.29) is 41.7 Å². The van der Waals surface area contributed by atoms with Gasteiger partial charge in [0.25, 0.3) is 0 Å². The van der Waals surface area contributed by atoms with E-state index in [2.05, 4.69) is 44.8 Å². The van der Waals surface area contributed by atoms with Gasteiger partial charge in [-0.1, -0.05) is 36.4 Å². The van der Waals surface area contributed by atoms with E-state index in [4.69, 9.17) is 4.74 Å². The number of guanidine groups is 1. The van der Waals surface area contributed by atoms with E-state index in [1.165, 1.54) is 23.8 Å². The fourth-order valence-electron chi connectivity index (χ4n) is 4.48. The zero-order valence-corrected chi connectivity index (χ0v) is 21.2. The Labute approximate surface area is 211 Å². The summed E-state index contributed by atoms with van der Waals surface area (Å²) in [7, 11) is 1.74. The van der Waals surface area contributed by atoms with Crippen molar-refractivity contribution >= 4 is 35.6 Å². The van der Waals surface area contributed by atoms with Crippen LogP contribution in [0.4, 0.5) is 14.5 Å². The maximum Gasteiger partial charge on any atom is 0.191 e. The molecule has 2 fully saturated rings. The number of ether oxygens (including phenoxy) is 1. The number of nitrogens with zero attached hydrogens (tertiary/aromatic N) is 3. The minimum atomic E-state index is -0.524. The van der Waals surface area contributed by atoms with E-state index in [1.54, 1.807) is 11.9 Å². The molecule has 2 unspecified atom stereocenters. The maximum absolute atomic E-state index is 14.2. The second-order valence-corrected chi connectivity index (χ2v) is 8.17. The van der Waals surface area contributed by atoms with Crippen molar-refractivity contribution in [2.24, 2.45) is 4.99 Å². The third-order valence-electron chi connectivity index (χ3n) is 6.14. The van der Waals surface area contributed by atoms with Gasteiger partial charge in [0.2, 0.25) is 0 Å². The Balaban J connectivity index is 0.00000306. The summed E-state index contributed by atoms with van der Waals surface area (Å²) in [5, 5.41) is 6.88. The monoisotopic (exact) mass is 571 g/mol. The Morgan fingerprint density at radius 1 is 1.06 bits per heavy atom. The molecule has 2 aromatic carbocycles. The summed E-state index contributed by atoms with van der Waals surface area (Å²) in [6, 6.07) is 14.7. The van der Waals surface area contributed by atoms with E-state index in [9.17, 15) is 8.78 Å². The van der Waals surface area contributed by atoms with E-state index in [0.717, 1.165) is 32.7 Å². The molecular weight excluding hydrogens is 539 g/mol. The van der Waals surface area contributed by atoms with E-state index < -0.39 is 11.6 Å². The Morgan fingerprint density at radius 3 is 2.42 bits per heavy atom. The molecule has 0 saturated carbocycles. The predicted molar refractivity (Wildman–Crippen MR) is 138 cm³/mol. The molecule has 4 rings (SSSR count). The molecule has 2 saturated heterocycles. The maximum atomic E-state index is 14.2. The molecule has 2 aliphatic heterocycles. The van der Waals surface area contributed by atoms with Crippen LogP contribution < -0.4 is 15.5 Å². The minimum absolute atomic E-state index is 0. The number of halogens is 3. The molecule has 2 aromatic rings. The molecule has 33 heavy (non-hydrogen) atoms. The fourth-order valence-corrected chi connectivity index (χ4v) is 4.48. The molecule has 0 bridgehead atoms.